The first kappa shape index (κ1) is 7.69. The Balaban J connectivity index is 2.45. The van der Waals surface area contributed by atoms with Crippen LogP contribution in [0.25, 0.3) is 0 Å². The molecular formula is C5H13IN-. The average molecular weight is 214 g/mol. The third-order valence-corrected chi connectivity index (χ3v) is 1.96. The van der Waals surface area contributed by atoms with E-state index in [0.29, 0.717) is 21.2 Å². The molecule has 0 aliphatic heterocycles. The molecule has 1 N–H and O–H groups in total. The van der Waals surface area contributed by atoms with Crippen molar-refractivity contribution in [3.8, 4) is 0 Å². The summed E-state index contributed by atoms with van der Waals surface area (Å²) in [5.41, 5.74) is 0. The summed E-state index contributed by atoms with van der Waals surface area (Å²) >= 11 is 0.484. The van der Waals surface area contributed by atoms with Crippen LogP contribution in [0.15, 0.2) is 0 Å². The van der Waals surface area contributed by atoms with Crippen LogP contribution in [0.3, 0.4) is 0 Å². The van der Waals surface area contributed by atoms with Gasteiger partial charge in [-0.05, 0) is 0 Å². The van der Waals surface area contributed by atoms with Crippen LogP contribution in [0.1, 0.15) is 13.3 Å². The Hall–Kier alpha value is 0.690. The summed E-state index contributed by atoms with van der Waals surface area (Å²) in [6.45, 7) is 3.40. The van der Waals surface area contributed by atoms with Crippen LogP contribution in [-0.2, 0) is 0 Å². The Kier molecular flexibility index (Phi) is 7.35. The summed E-state index contributed by atoms with van der Waals surface area (Å²) in [6.07, 6.45) is 1.27. The summed E-state index contributed by atoms with van der Waals surface area (Å²) in [5.74, 6) is 0. The van der Waals surface area contributed by atoms with Gasteiger partial charge in [0.25, 0.3) is 0 Å². The molecule has 0 spiro atoms. The first-order valence-electron chi connectivity index (χ1n) is 2.56. The minimum atomic E-state index is 0.484. The molecule has 1 nitrogen and oxygen atoms in total. The molecule has 2 heteroatoms. The molecule has 0 fully saturated rings. The van der Waals surface area contributed by atoms with E-state index in [4.69, 9.17) is 0 Å². The molecule has 0 unspecified atom stereocenters. The molecule has 0 aromatic heterocycles. The molecule has 0 rings (SSSR count). The van der Waals surface area contributed by atoms with E-state index in [1.54, 1.807) is 0 Å². The van der Waals surface area contributed by atoms with Crippen LogP contribution in [-0.4, -0.2) is 16.0 Å². The molecule has 0 heterocycles. The second-order valence-electron chi connectivity index (χ2n) is 1.40. The van der Waals surface area contributed by atoms with Crippen molar-refractivity contribution in [3.05, 3.63) is 0 Å². The molecule has 0 aromatic carbocycles. The van der Waals surface area contributed by atoms with Crippen molar-refractivity contribution >= 4 is 0 Å². The van der Waals surface area contributed by atoms with Crippen molar-refractivity contribution in [1.29, 1.82) is 0 Å². The first-order valence-corrected chi connectivity index (χ1v) is 6.24. The fraction of sp³-hybridized carbons (Fsp3) is 1.00. The van der Waals surface area contributed by atoms with Gasteiger partial charge in [0, 0.05) is 0 Å². The summed E-state index contributed by atoms with van der Waals surface area (Å²) < 4.78 is 1.28. The van der Waals surface area contributed by atoms with Gasteiger partial charge in [0.15, 0.2) is 0 Å². The standard InChI is InChI=1S/C5H13IN/c1-3-4-7-5-6-2/h7H,3-5H2,1-2H3/q-1. The van der Waals surface area contributed by atoms with Gasteiger partial charge in [0.2, 0.25) is 0 Å². The van der Waals surface area contributed by atoms with Crippen LogP contribution in [0.5, 0.6) is 0 Å². The molecule has 0 amide bonds. The predicted molar refractivity (Wildman–Crippen MR) is 29.1 cm³/mol. The van der Waals surface area contributed by atoms with Gasteiger partial charge >= 0.3 is 55.9 Å². The Morgan fingerprint density at radius 1 is 1.57 bits per heavy atom. The van der Waals surface area contributed by atoms with E-state index in [1.807, 2.05) is 0 Å². The summed E-state index contributed by atoms with van der Waals surface area (Å²) in [4.78, 5) is 2.29. The van der Waals surface area contributed by atoms with Crippen molar-refractivity contribution in [1.82, 2.24) is 5.32 Å². The number of nitrogens with one attached hydrogen (secondary N) is 1. The molecule has 46 valence electrons. The number of rotatable bonds is 4. The Bertz CT molecular complexity index is 27.3. The molecule has 7 heavy (non-hydrogen) atoms. The van der Waals surface area contributed by atoms with E-state index in [9.17, 15) is 0 Å². The van der Waals surface area contributed by atoms with Gasteiger partial charge in [0.1, 0.15) is 0 Å². The van der Waals surface area contributed by atoms with E-state index >= 15 is 0 Å². The normalized spacial score (nSPS) is 10.0. The zero-order chi connectivity index (χ0) is 5.54. The summed E-state index contributed by atoms with van der Waals surface area (Å²) in [6, 6.07) is 0. The summed E-state index contributed by atoms with van der Waals surface area (Å²) in [5, 5.41) is 3.33. The number of halogens is 1. The second kappa shape index (κ2) is 6.69. The molecular weight excluding hydrogens is 201 g/mol. The Morgan fingerprint density at radius 2 is 2.29 bits per heavy atom. The fourth-order valence-corrected chi connectivity index (χ4v) is 1.26. The van der Waals surface area contributed by atoms with E-state index in [1.165, 1.54) is 17.5 Å². The molecule has 0 aliphatic rings. The van der Waals surface area contributed by atoms with Crippen molar-refractivity contribution in [2.24, 2.45) is 0 Å². The van der Waals surface area contributed by atoms with E-state index in [0.717, 1.165) is 0 Å². The van der Waals surface area contributed by atoms with E-state index < -0.39 is 0 Å². The summed E-state index contributed by atoms with van der Waals surface area (Å²) in [7, 11) is 0. The van der Waals surface area contributed by atoms with Crippen LogP contribution in [0.2, 0.25) is 0 Å². The van der Waals surface area contributed by atoms with Gasteiger partial charge in [-0.1, -0.05) is 0 Å². The van der Waals surface area contributed by atoms with Crippen LogP contribution in [0.4, 0.5) is 0 Å². The quantitative estimate of drug-likeness (QED) is 0.239. The third-order valence-electron chi connectivity index (χ3n) is 0.655. The van der Waals surface area contributed by atoms with Crippen molar-refractivity contribution in [2.75, 3.05) is 16.0 Å². The van der Waals surface area contributed by atoms with Crippen molar-refractivity contribution in [3.63, 3.8) is 0 Å². The first-order chi connectivity index (χ1) is 3.41. The topological polar surface area (TPSA) is 12.0 Å². The SMILES string of the molecule is CCCNC[I-]C. The second-order valence-corrected chi connectivity index (χ2v) is 3.69. The average Bonchev–Trinajstić information content (AvgIpc) is 1.69. The van der Waals surface area contributed by atoms with Gasteiger partial charge in [-0.3, -0.25) is 0 Å². The van der Waals surface area contributed by atoms with Crippen molar-refractivity contribution < 1.29 is 21.2 Å². The Morgan fingerprint density at radius 3 is 2.71 bits per heavy atom. The minimum absolute atomic E-state index is 0.484. The number of hydrogen-bond acceptors (Lipinski definition) is 1. The van der Waals surface area contributed by atoms with Gasteiger partial charge in [-0.15, -0.1) is 0 Å². The van der Waals surface area contributed by atoms with E-state index in [-0.39, 0.29) is 0 Å². The molecule has 0 radical (unpaired) electrons. The van der Waals surface area contributed by atoms with E-state index in [2.05, 4.69) is 17.2 Å². The maximum atomic E-state index is 3.33. The zero-order valence-corrected chi connectivity index (χ0v) is 7.16. The zero-order valence-electron chi connectivity index (χ0n) is 5.00. The maximum absolute atomic E-state index is 3.33. The number of hydrogen-bond donors (Lipinski definition) is 1. The Labute approximate surface area is 56.1 Å². The van der Waals surface area contributed by atoms with Gasteiger partial charge in [-0.25, -0.2) is 0 Å². The number of alkyl halides is 2. The third kappa shape index (κ3) is 6.69. The van der Waals surface area contributed by atoms with Gasteiger partial charge in [0.05, 0.1) is 0 Å². The molecule has 0 aromatic rings. The van der Waals surface area contributed by atoms with Gasteiger partial charge in [-0.2, -0.15) is 0 Å². The monoisotopic (exact) mass is 214 g/mol. The fourth-order valence-electron chi connectivity index (χ4n) is 0.338. The molecule has 0 aliphatic carbocycles. The van der Waals surface area contributed by atoms with Gasteiger partial charge < -0.3 is 0 Å². The van der Waals surface area contributed by atoms with Crippen LogP contribution >= 0.6 is 0 Å². The van der Waals surface area contributed by atoms with Crippen LogP contribution in [0, 0.1) is 0 Å². The van der Waals surface area contributed by atoms with Crippen molar-refractivity contribution in [2.45, 2.75) is 13.3 Å². The molecule has 0 saturated carbocycles. The molecule has 0 bridgehead atoms. The predicted octanol–water partition coefficient (Wildman–Crippen LogP) is -2.34. The van der Waals surface area contributed by atoms with Crippen LogP contribution < -0.4 is 26.5 Å². The molecule has 0 saturated heterocycles. The molecule has 0 atom stereocenters.